The van der Waals surface area contributed by atoms with E-state index in [2.05, 4.69) is 25.4 Å². The predicted octanol–water partition coefficient (Wildman–Crippen LogP) is 3.00. The lowest BCUT2D eigenvalue weighted by Gasteiger charge is -2.27. The lowest BCUT2D eigenvalue weighted by molar-refractivity contribution is 0.122. The SMILES string of the molecule is c1ccc(Nc2nc(-c3cccc4[nH]ncc34)nc(N3CCOCC3)n2)cc1. The molecule has 2 N–H and O–H groups in total. The number of nitrogens with zero attached hydrogens (tertiary/aromatic N) is 5. The van der Waals surface area contributed by atoms with Gasteiger partial charge in [-0.05, 0) is 18.2 Å². The van der Waals surface area contributed by atoms with E-state index in [0.29, 0.717) is 30.9 Å². The Morgan fingerprint density at radius 3 is 2.64 bits per heavy atom. The van der Waals surface area contributed by atoms with Gasteiger partial charge in [-0.3, -0.25) is 5.10 Å². The molecule has 1 aliphatic heterocycles. The van der Waals surface area contributed by atoms with E-state index in [1.807, 2.05) is 48.5 Å². The molecule has 1 aliphatic rings. The quantitative estimate of drug-likeness (QED) is 0.568. The summed E-state index contributed by atoms with van der Waals surface area (Å²) in [6, 6.07) is 15.8. The van der Waals surface area contributed by atoms with Crippen molar-refractivity contribution < 1.29 is 4.74 Å². The maximum absolute atomic E-state index is 5.47. The zero-order valence-electron chi connectivity index (χ0n) is 15.2. The first-order valence-corrected chi connectivity index (χ1v) is 9.20. The third kappa shape index (κ3) is 3.25. The van der Waals surface area contributed by atoms with E-state index in [1.54, 1.807) is 6.20 Å². The lowest BCUT2D eigenvalue weighted by Crippen LogP contribution is -2.37. The van der Waals surface area contributed by atoms with Gasteiger partial charge < -0.3 is 15.0 Å². The molecular formula is C20H19N7O. The molecule has 3 heterocycles. The van der Waals surface area contributed by atoms with Gasteiger partial charge in [-0.1, -0.05) is 30.3 Å². The molecule has 1 saturated heterocycles. The Balaban J connectivity index is 1.61. The number of fused-ring (bicyclic) bond motifs is 1. The molecule has 0 unspecified atom stereocenters. The summed E-state index contributed by atoms with van der Waals surface area (Å²) < 4.78 is 5.47. The first-order valence-electron chi connectivity index (χ1n) is 9.20. The van der Waals surface area contributed by atoms with Crippen LogP contribution >= 0.6 is 0 Å². The first kappa shape index (κ1) is 16.6. The molecule has 8 nitrogen and oxygen atoms in total. The van der Waals surface area contributed by atoms with Crippen LogP contribution in [-0.4, -0.2) is 51.5 Å². The van der Waals surface area contributed by atoms with Gasteiger partial charge in [-0.2, -0.15) is 20.1 Å². The van der Waals surface area contributed by atoms with Crippen LogP contribution in [-0.2, 0) is 4.74 Å². The third-order valence-electron chi connectivity index (χ3n) is 4.67. The second-order valence-corrected chi connectivity index (χ2v) is 6.51. The van der Waals surface area contributed by atoms with E-state index in [9.17, 15) is 0 Å². The minimum Gasteiger partial charge on any atom is -0.378 e. The summed E-state index contributed by atoms with van der Waals surface area (Å²) in [5, 5.41) is 11.4. The van der Waals surface area contributed by atoms with Gasteiger partial charge in [0, 0.05) is 29.7 Å². The molecule has 2 aromatic heterocycles. The molecule has 0 atom stereocenters. The zero-order chi connectivity index (χ0) is 18.8. The number of morpholine rings is 1. The standard InChI is InChI=1S/C20H19N7O/c1-2-5-14(6-3-1)22-19-23-18(15-7-4-8-17-16(15)13-21-26-17)24-20(25-19)27-9-11-28-12-10-27/h1-8,13H,9-12H2,(H,21,26)(H,22,23,24,25). The minimum atomic E-state index is 0.512. The topological polar surface area (TPSA) is 91.9 Å². The van der Waals surface area contributed by atoms with Crippen molar-refractivity contribution in [2.45, 2.75) is 0 Å². The Bertz CT molecular complexity index is 1090. The summed E-state index contributed by atoms with van der Waals surface area (Å²) in [7, 11) is 0. The molecule has 28 heavy (non-hydrogen) atoms. The fourth-order valence-electron chi connectivity index (χ4n) is 3.26. The highest BCUT2D eigenvalue weighted by Gasteiger charge is 2.18. The summed E-state index contributed by atoms with van der Waals surface area (Å²) in [6.45, 7) is 2.84. The van der Waals surface area contributed by atoms with Crippen LogP contribution in [0.3, 0.4) is 0 Å². The molecule has 140 valence electrons. The molecule has 0 radical (unpaired) electrons. The number of benzene rings is 2. The Hall–Kier alpha value is -3.52. The Morgan fingerprint density at radius 2 is 1.79 bits per heavy atom. The number of aromatic nitrogens is 5. The normalized spacial score (nSPS) is 14.4. The van der Waals surface area contributed by atoms with Crippen LogP contribution < -0.4 is 10.2 Å². The highest BCUT2D eigenvalue weighted by Crippen LogP contribution is 2.27. The van der Waals surface area contributed by atoms with E-state index in [1.165, 1.54) is 0 Å². The van der Waals surface area contributed by atoms with Crippen LogP contribution in [0, 0.1) is 0 Å². The van der Waals surface area contributed by atoms with Crippen molar-refractivity contribution in [1.29, 1.82) is 0 Å². The second kappa shape index (κ2) is 7.24. The molecule has 2 aromatic carbocycles. The Labute approximate surface area is 161 Å². The largest absolute Gasteiger partial charge is 0.378 e. The Kier molecular flexibility index (Phi) is 4.30. The molecular weight excluding hydrogens is 354 g/mol. The molecule has 0 bridgehead atoms. The third-order valence-corrected chi connectivity index (χ3v) is 4.67. The maximum atomic E-state index is 5.47. The lowest BCUT2D eigenvalue weighted by atomic mass is 10.1. The summed E-state index contributed by atoms with van der Waals surface area (Å²) in [5.74, 6) is 1.77. The molecule has 1 fully saturated rings. The number of para-hydroxylation sites is 1. The molecule has 0 aliphatic carbocycles. The van der Waals surface area contributed by atoms with Gasteiger partial charge in [0.05, 0.1) is 24.9 Å². The van der Waals surface area contributed by atoms with Gasteiger partial charge in [0.1, 0.15) is 0 Å². The van der Waals surface area contributed by atoms with Crippen LogP contribution in [0.1, 0.15) is 0 Å². The number of anilines is 3. The minimum absolute atomic E-state index is 0.512. The van der Waals surface area contributed by atoms with Crippen molar-refractivity contribution in [3.05, 3.63) is 54.7 Å². The van der Waals surface area contributed by atoms with Crippen LogP contribution in [0.15, 0.2) is 54.7 Å². The molecule has 8 heteroatoms. The van der Waals surface area contributed by atoms with E-state index in [-0.39, 0.29) is 0 Å². The Morgan fingerprint density at radius 1 is 0.929 bits per heavy atom. The van der Waals surface area contributed by atoms with E-state index >= 15 is 0 Å². The smallest absolute Gasteiger partial charge is 0.232 e. The fourth-order valence-corrected chi connectivity index (χ4v) is 3.26. The van der Waals surface area contributed by atoms with Gasteiger partial charge >= 0.3 is 0 Å². The number of rotatable bonds is 4. The van der Waals surface area contributed by atoms with Gasteiger partial charge in [0.25, 0.3) is 0 Å². The number of hydrogen-bond donors (Lipinski definition) is 2. The van der Waals surface area contributed by atoms with Gasteiger partial charge in [-0.25, -0.2) is 0 Å². The van der Waals surface area contributed by atoms with Crippen LogP contribution in [0.4, 0.5) is 17.6 Å². The van der Waals surface area contributed by atoms with E-state index in [4.69, 9.17) is 14.7 Å². The first-order chi connectivity index (χ1) is 13.9. The number of ether oxygens (including phenoxy) is 1. The monoisotopic (exact) mass is 373 g/mol. The van der Waals surface area contributed by atoms with Gasteiger partial charge in [0.2, 0.25) is 11.9 Å². The van der Waals surface area contributed by atoms with Crippen molar-refractivity contribution in [3.8, 4) is 11.4 Å². The highest BCUT2D eigenvalue weighted by molar-refractivity contribution is 5.92. The number of nitrogens with one attached hydrogen (secondary N) is 2. The number of aromatic amines is 1. The van der Waals surface area contributed by atoms with Crippen molar-refractivity contribution in [1.82, 2.24) is 25.1 Å². The van der Waals surface area contributed by atoms with Crippen molar-refractivity contribution in [3.63, 3.8) is 0 Å². The van der Waals surface area contributed by atoms with Crippen molar-refractivity contribution >= 4 is 28.5 Å². The highest BCUT2D eigenvalue weighted by atomic mass is 16.5. The summed E-state index contributed by atoms with van der Waals surface area (Å²) in [4.78, 5) is 16.2. The summed E-state index contributed by atoms with van der Waals surface area (Å²) in [6.07, 6.45) is 1.80. The van der Waals surface area contributed by atoms with Crippen LogP contribution in [0.5, 0.6) is 0 Å². The maximum Gasteiger partial charge on any atom is 0.232 e. The van der Waals surface area contributed by atoms with Crippen molar-refractivity contribution in [2.75, 3.05) is 36.5 Å². The molecule has 5 rings (SSSR count). The molecule has 0 saturated carbocycles. The van der Waals surface area contributed by atoms with E-state index < -0.39 is 0 Å². The number of H-pyrrole nitrogens is 1. The summed E-state index contributed by atoms with van der Waals surface area (Å²) >= 11 is 0. The molecule has 0 amide bonds. The zero-order valence-corrected chi connectivity index (χ0v) is 15.2. The van der Waals surface area contributed by atoms with E-state index in [0.717, 1.165) is 35.2 Å². The van der Waals surface area contributed by atoms with Gasteiger partial charge in [-0.15, -0.1) is 0 Å². The van der Waals surface area contributed by atoms with Crippen LogP contribution in [0.25, 0.3) is 22.3 Å². The van der Waals surface area contributed by atoms with Crippen LogP contribution in [0.2, 0.25) is 0 Å². The predicted molar refractivity (Wildman–Crippen MR) is 108 cm³/mol. The van der Waals surface area contributed by atoms with Gasteiger partial charge in [0.15, 0.2) is 5.82 Å². The molecule has 0 spiro atoms. The fraction of sp³-hybridized carbons (Fsp3) is 0.200. The molecule has 4 aromatic rings. The second-order valence-electron chi connectivity index (χ2n) is 6.51. The average molecular weight is 373 g/mol. The average Bonchev–Trinajstić information content (AvgIpc) is 3.24. The van der Waals surface area contributed by atoms with Crippen molar-refractivity contribution in [2.24, 2.45) is 0 Å². The summed E-state index contributed by atoms with van der Waals surface area (Å²) in [5.41, 5.74) is 2.79. The number of hydrogen-bond acceptors (Lipinski definition) is 7.